The zero-order chi connectivity index (χ0) is 22.6. The van der Waals surface area contributed by atoms with Crippen LogP contribution in [0.15, 0.2) is 96.5 Å². The summed E-state index contributed by atoms with van der Waals surface area (Å²) in [5, 5.41) is 13.0. The molecule has 33 heavy (non-hydrogen) atoms. The second kappa shape index (κ2) is 9.10. The fourth-order valence-electron chi connectivity index (χ4n) is 3.55. The summed E-state index contributed by atoms with van der Waals surface area (Å²) in [6, 6.07) is 28.1. The molecule has 5 aromatic rings. The minimum atomic E-state index is -0.351. The van der Waals surface area contributed by atoms with E-state index in [1.165, 1.54) is 5.56 Å². The van der Waals surface area contributed by atoms with E-state index < -0.39 is 0 Å². The SMILES string of the molecule is Nc1ccc(-c2cccs2)cc1NC(=O)c1cn(Cc2ccc(-c3ccccc3)cc2)nn1. The number of nitrogens with two attached hydrogens (primary N) is 1. The quantitative estimate of drug-likeness (QED) is 0.331. The van der Waals surface area contributed by atoms with Crippen molar-refractivity contribution >= 4 is 28.6 Å². The van der Waals surface area contributed by atoms with Gasteiger partial charge in [0.05, 0.1) is 24.1 Å². The summed E-state index contributed by atoms with van der Waals surface area (Å²) in [6.07, 6.45) is 1.64. The fraction of sp³-hybridized carbons (Fsp3) is 0.0385. The summed E-state index contributed by atoms with van der Waals surface area (Å²) in [6.45, 7) is 0.519. The van der Waals surface area contributed by atoms with Crippen LogP contribution in [0.3, 0.4) is 0 Å². The molecule has 3 N–H and O–H groups in total. The lowest BCUT2D eigenvalue weighted by Crippen LogP contribution is -2.13. The smallest absolute Gasteiger partial charge is 0.277 e. The third-order valence-corrected chi connectivity index (χ3v) is 6.20. The summed E-state index contributed by atoms with van der Waals surface area (Å²) in [4.78, 5) is 13.9. The Bertz CT molecular complexity index is 1380. The van der Waals surface area contributed by atoms with E-state index in [0.29, 0.717) is 17.9 Å². The highest BCUT2D eigenvalue weighted by Crippen LogP contribution is 2.30. The van der Waals surface area contributed by atoms with Gasteiger partial charge in [0.15, 0.2) is 5.69 Å². The molecule has 0 radical (unpaired) electrons. The number of anilines is 2. The van der Waals surface area contributed by atoms with Crippen molar-refractivity contribution in [1.29, 1.82) is 0 Å². The molecule has 0 aliphatic rings. The number of rotatable bonds is 6. The van der Waals surface area contributed by atoms with Crippen LogP contribution in [0.25, 0.3) is 21.6 Å². The summed E-state index contributed by atoms with van der Waals surface area (Å²) in [7, 11) is 0. The minimum absolute atomic E-state index is 0.233. The molecule has 0 saturated carbocycles. The van der Waals surface area contributed by atoms with Crippen LogP contribution >= 0.6 is 11.3 Å². The second-order valence-corrected chi connectivity index (χ2v) is 8.55. The normalized spacial score (nSPS) is 10.8. The Balaban J connectivity index is 1.27. The van der Waals surface area contributed by atoms with Gasteiger partial charge in [-0.05, 0) is 45.8 Å². The number of hydrogen-bond donors (Lipinski definition) is 2. The number of nitrogen functional groups attached to an aromatic ring is 1. The number of carbonyl (C=O) groups excluding carboxylic acids is 1. The molecule has 162 valence electrons. The van der Waals surface area contributed by atoms with Crippen molar-refractivity contribution in [2.24, 2.45) is 0 Å². The Kier molecular flexibility index (Phi) is 5.70. The molecule has 0 aliphatic carbocycles. The van der Waals surface area contributed by atoms with Crippen LogP contribution in [0.5, 0.6) is 0 Å². The zero-order valence-corrected chi connectivity index (χ0v) is 18.5. The topological polar surface area (TPSA) is 85.8 Å². The average Bonchev–Trinajstić information content (AvgIpc) is 3.54. The lowest BCUT2D eigenvalue weighted by molar-refractivity contribution is 0.102. The minimum Gasteiger partial charge on any atom is -0.397 e. The maximum Gasteiger partial charge on any atom is 0.277 e. The molecule has 0 spiro atoms. The molecule has 3 aromatic carbocycles. The molecule has 0 bridgehead atoms. The number of amides is 1. The van der Waals surface area contributed by atoms with Crippen LogP contribution in [0.2, 0.25) is 0 Å². The van der Waals surface area contributed by atoms with Gasteiger partial charge in [-0.1, -0.05) is 71.9 Å². The zero-order valence-electron chi connectivity index (χ0n) is 17.7. The van der Waals surface area contributed by atoms with Crippen molar-refractivity contribution in [2.45, 2.75) is 6.54 Å². The molecule has 5 rings (SSSR count). The van der Waals surface area contributed by atoms with E-state index >= 15 is 0 Å². The Morgan fingerprint density at radius 2 is 1.67 bits per heavy atom. The van der Waals surface area contributed by atoms with Crippen LogP contribution in [-0.4, -0.2) is 20.9 Å². The number of nitrogens with zero attached hydrogens (tertiary/aromatic N) is 3. The van der Waals surface area contributed by atoms with Crippen molar-refractivity contribution in [3.05, 3.63) is 108 Å². The summed E-state index contributed by atoms with van der Waals surface area (Å²) in [5.41, 5.74) is 11.8. The van der Waals surface area contributed by atoms with Crippen molar-refractivity contribution < 1.29 is 4.79 Å². The van der Waals surface area contributed by atoms with E-state index in [2.05, 4.69) is 52.0 Å². The number of hydrogen-bond acceptors (Lipinski definition) is 5. The van der Waals surface area contributed by atoms with E-state index in [-0.39, 0.29) is 11.6 Å². The van der Waals surface area contributed by atoms with Gasteiger partial charge in [0.1, 0.15) is 0 Å². The predicted molar refractivity (Wildman–Crippen MR) is 133 cm³/mol. The van der Waals surface area contributed by atoms with Crippen molar-refractivity contribution in [2.75, 3.05) is 11.1 Å². The number of thiophene rings is 1. The molecule has 0 aliphatic heterocycles. The molecular formula is C26H21N5OS. The molecule has 0 atom stereocenters. The van der Waals surface area contributed by atoms with Crippen LogP contribution in [0.4, 0.5) is 11.4 Å². The first-order valence-electron chi connectivity index (χ1n) is 10.4. The fourth-order valence-corrected chi connectivity index (χ4v) is 4.27. The Labute approximate surface area is 195 Å². The highest BCUT2D eigenvalue weighted by Gasteiger charge is 2.14. The van der Waals surface area contributed by atoms with Crippen LogP contribution in [0, 0.1) is 0 Å². The van der Waals surface area contributed by atoms with E-state index in [1.54, 1.807) is 28.3 Å². The van der Waals surface area contributed by atoms with Crippen LogP contribution in [-0.2, 0) is 6.54 Å². The van der Waals surface area contributed by atoms with Gasteiger partial charge >= 0.3 is 0 Å². The van der Waals surface area contributed by atoms with E-state index in [4.69, 9.17) is 5.73 Å². The van der Waals surface area contributed by atoms with Gasteiger partial charge in [-0.3, -0.25) is 4.79 Å². The monoisotopic (exact) mass is 451 g/mol. The molecule has 2 heterocycles. The Morgan fingerprint density at radius 3 is 2.42 bits per heavy atom. The molecule has 1 amide bonds. The maximum absolute atomic E-state index is 12.8. The van der Waals surface area contributed by atoms with Gasteiger partial charge in [0, 0.05) is 4.88 Å². The van der Waals surface area contributed by atoms with E-state index in [0.717, 1.165) is 21.6 Å². The molecule has 6 nitrogen and oxygen atoms in total. The van der Waals surface area contributed by atoms with Crippen LogP contribution in [0.1, 0.15) is 16.1 Å². The summed E-state index contributed by atoms with van der Waals surface area (Å²) >= 11 is 1.63. The van der Waals surface area contributed by atoms with Crippen molar-refractivity contribution in [3.63, 3.8) is 0 Å². The van der Waals surface area contributed by atoms with Gasteiger partial charge in [0.2, 0.25) is 0 Å². The molecular weight excluding hydrogens is 430 g/mol. The van der Waals surface area contributed by atoms with Gasteiger partial charge in [-0.15, -0.1) is 16.4 Å². The highest BCUT2D eigenvalue weighted by molar-refractivity contribution is 7.13. The molecule has 0 unspecified atom stereocenters. The standard InChI is InChI=1S/C26H21N5OS/c27-22-13-12-21(25-7-4-14-33-25)15-23(22)28-26(32)24-17-31(30-29-24)16-18-8-10-20(11-9-18)19-5-2-1-3-6-19/h1-15,17H,16,27H2,(H,28,32). The summed E-state index contributed by atoms with van der Waals surface area (Å²) in [5.74, 6) is -0.351. The summed E-state index contributed by atoms with van der Waals surface area (Å²) < 4.78 is 1.65. The molecule has 2 aromatic heterocycles. The third kappa shape index (κ3) is 4.68. The lowest BCUT2D eigenvalue weighted by Gasteiger charge is -2.08. The molecule has 0 fully saturated rings. The molecule has 7 heteroatoms. The largest absolute Gasteiger partial charge is 0.397 e. The van der Waals surface area contributed by atoms with Crippen molar-refractivity contribution in [3.8, 4) is 21.6 Å². The molecule has 0 saturated heterocycles. The van der Waals surface area contributed by atoms with Gasteiger partial charge in [-0.2, -0.15) is 0 Å². The number of nitrogens with one attached hydrogen (secondary N) is 1. The maximum atomic E-state index is 12.8. The first-order chi connectivity index (χ1) is 16.2. The Morgan fingerprint density at radius 1 is 0.909 bits per heavy atom. The Hall–Kier alpha value is -4.23. The van der Waals surface area contributed by atoms with Gasteiger partial charge < -0.3 is 11.1 Å². The van der Waals surface area contributed by atoms with Crippen molar-refractivity contribution in [1.82, 2.24) is 15.0 Å². The van der Waals surface area contributed by atoms with Gasteiger partial charge in [0.25, 0.3) is 5.91 Å². The first kappa shape index (κ1) is 20.7. The third-order valence-electron chi connectivity index (χ3n) is 5.28. The predicted octanol–water partition coefficient (Wildman–Crippen LogP) is 5.56. The van der Waals surface area contributed by atoms with Gasteiger partial charge in [-0.25, -0.2) is 4.68 Å². The van der Waals surface area contributed by atoms with Crippen LogP contribution < -0.4 is 11.1 Å². The number of benzene rings is 3. The second-order valence-electron chi connectivity index (χ2n) is 7.60. The average molecular weight is 452 g/mol. The first-order valence-corrected chi connectivity index (χ1v) is 11.3. The van der Waals surface area contributed by atoms with E-state index in [1.807, 2.05) is 47.8 Å². The number of carbonyl (C=O) groups is 1. The van der Waals surface area contributed by atoms with E-state index in [9.17, 15) is 4.79 Å². The lowest BCUT2D eigenvalue weighted by atomic mass is 10.0. The number of aromatic nitrogens is 3. The highest BCUT2D eigenvalue weighted by atomic mass is 32.1.